The highest BCUT2D eigenvalue weighted by atomic mass is 19.1. The van der Waals surface area contributed by atoms with Gasteiger partial charge in [0.25, 0.3) is 5.91 Å². The van der Waals surface area contributed by atoms with Crippen molar-refractivity contribution in [2.24, 2.45) is 5.92 Å². The summed E-state index contributed by atoms with van der Waals surface area (Å²) < 4.78 is 12.9. The van der Waals surface area contributed by atoms with Crippen LogP contribution in [0.4, 0.5) is 4.39 Å². The van der Waals surface area contributed by atoms with Gasteiger partial charge in [-0.05, 0) is 31.2 Å². The predicted molar refractivity (Wildman–Crippen MR) is 76.1 cm³/mol. The van der Waals surface area contributed by atoms with Crippen LogP contribution in [0.15, 0.2) is 30.3 Å². The highest BCUT2D eigenvalue weighted by Crippen LogP contribution is 2.39. The zero-order chi connectivity index (χ0) is 15.0. The van der Waals surface area contributed by atoms with Crippen molar-refractivity contribution in [3.63, 3.8) is 0 Å². The fraction of sp³-hybridized carbons (Fsp3) is 0.500. The van der Waals surface area contributed by atoms with Crippen molar-refractivity contribution in [3.05, 3.63) is 35.9 Å². The van der Waals surface area contributed by atoms with Gasteiger partial charge < -0.3 is 10.2 Å². The third-order valence-corrected chi connectivity index (χ3v) is 4.41. The molecule has 1 aliphatic heterocycles. The topological polar surface area (TPSA) is 49.4 Å². The van der Waals surface area contributed by atoms with Crippen molar-refractivity contribution in [3.8, 4) is 0 Å². The fourth-order valence-electron chi connectivity index (χ4n) is 3.11. The van der Waals surface area contributed by atoms with Gasteiger partial charge in [-0.15, -0.1) is 0 Å². The number of benzene rings is 1. The Bertz CT molecular complexity index is 559. The lowest BCUT2D eigenvalue weighted by atomic mass is 9.86. The number of alkyl halides is 1. The van der Waals surface area contributed by atoms with Gasteiger partial charge in [0.15, 0.2) is 0 Å². The maximum atomic E-state index is 12.9. The monoisotopic (exact) mass is 290 g/mol. The van der Waals surface area contributed by atoms with Crippen LogP contribution in [-0.2, 0) is 15.1 Å². The Hall–Kier alpha value is -1.91. The van der Waals surface area contributed by atoms with E-state index in [1.807, 2.05) is 30.3 Å². The van der Waals surface area contributed by atoms with Crippen LogP contribution in [0.3, 0.4) is 0 Å². The lowest BCUT2D eigenvalue weighted by molar-refractivity contribution is -0.156. The highest BCUT2D eigenvalue weighted by Gasteiger charge is 2.53. The first-order valence-corrected chi connectivity index (χ1v) is 7.32. The Morgan fingerprint density at radius 3 is 2.52 bits per heavy atom. The van der Waals surface area contributed by atoms with E-state index in [2.05, 4.69) is 5.32 Å². The van der Waals surface area contributed by atoms with Crippen LogP contribution in [0.25, 0.3) is 0 Å². The van der Waals surface area contributed by atoms with Gasteiger partial charge in [-0.3, -0.25) is 9.59 Å². The zero-order valence-corrected chi connectivity index (χ0v) is 12.0. The molecule has 1 heterocycles. The summed E-state index contributed by atoms with van der Waals surface area (Å²) in [5.41, 5.74) is -0.389. The van der Waals surface area contributed by atoms with Gasteiger partial charge in [0.1, 0.15) is 18.3 Å². The molecule has 2 fully saturated rings. The Balaban J connectivity index is 1.97. The van der Waals surface area contributed by atoms with Crippen molar-refractivity contribution in [1.82, 2.24) is 10.2 Å². The number of hydrogen-bond donors (Lipinski definition) is 1. The van der Waals surface area contributed by atoms with E-state index >= 15 is 0 Å². The first kappa shape index (κ1) is 14.0. The molecule has 4 nitrogen and oxygen atoms in total. The number of amides is 2. The molecule has 5 heteroatoms. The second-order valence-electron chi connectivity index (χ2n) is 5.95. The van der Waals surface area contributed by atoms with E-state index < -0.39 is 18.3 Å². The number of hydrogen-bond acceptors (Lipinski definition) is 2. The summed E-state index contributed by atoms with van der Waals surface area (Å²) in [7, 11) is 0. The molecule has 0 radical (unpaired) electrons. The normalized spacial score (nSPS) is 29.4. The van der Waals surface area contributed by atoms with Crippen molar-refractivity contribution in [2.45, 2.75) is 31.3 Å². The molecular formula is C16H19FN2O2. The lowest BCUT2D eigenvalue weighted by Crippen LogP contribution is -2.68. The van der Waals surface area contributed by atoms with E-state index in [0.717, 1.165) is 18.4 Å². The van der Waals surface area contributed by atoms with Crippen LogP contribution >= 0.6 is 0 Å². The van der Waals surface area contributed by atoms with Gasteiger partial charge in [-0.2, -0.15) is 0 Å². The molecule has 0 bridgehead atoms. The van der Waals surface area contributed by atoms with Crippen molar-refractivity contribution < 1.29 is 14.0 Å². The quantitative estimate of drug-likeness (QED) is 0.916. The number of carbonyl (C=O) groups is 2. The van der Waals surface area contributed by atoms with Crippen LogP contribution in [0.1, 0.15) is 25.3 Å². The SMILES string of the molecule is CC1(c2ccccc2)NC(=O)C(C2CC2)N(CCF)C1=O. The minimum absolute atomic E-state index is 0.0180. The maximum Gasteiger partial charge on any atom is 0.253 e. The minimum atomic E-state index is -1.11. The second kappa shape index (κ2) is 5.13. The van der Waals surface area contributed by atoms with Gasteiger partial charge in [0.2, 0.25) is 5.91 Å². The molecule has 2 aliphatic rings. The maximum absolute atomic E-state index is 12.9. The first-order chi connectivity index (χ1) is 10.1. The molecule has 2 amide bonds. The van der Waals surface area contributed by atoms with E-state index in [-0.39, 0.29) is 24.3 Å². The van der Waals surface area contributed by atoms with Gasteiger partial charge in [0, 0.05) is 6.54 Å². The Kier molecular flexibility index (Phi) is 3.43. The number of halogens is 1. The molecule has 1 saturated carbocycles. The molecule has 0 aromatic heterocycles. The Morgan fingerprint density at radius 2 is 1.95 bits per heavy atom. The molecule has 1 aromatic carbocycles. The smallest absolute Gasteiger partial charge is 0.253 e. The Morgan fingerprint density at radius 1 is 1.29 bits per heavy atom. The van der Waals surface area contributed by atoms with Crippen LogP contribution in [0, 0.1) is 5.92 Å². The zero-order valence-electron chi connectivity index (χ0n) is 12.0. The van der Waals surface area contributed by atoms with E-state index in [4.69, 9.17) is 0 Å². The van der Waals surface area contributed by atoms with E-state index in [1.54, 1.807) is 6.92 Å². The number of rotatable bonds is 4. The van der Waals surface area contributed by atoms with Crippen molar-refractivity contribution >= 4 is 11.8 Å². The lowest BCUT2D eigenvalue weighted by Gasteiger charge is -2.44. The molecule has 21 heavy (non-hydrogen) atoms. The van der Waals surface area contributed by atoms with E-state index in [1.165, 1.54) is 4.90 Å². The molecular weight excluding hydrogens is 271 g/mol. The van der Waals surface area contributed by atoms with Crippen molar-refractivity contribution in [1.29, 1.82) is 0 Å². The fourth-order valence-corrected chi connectivity index (χ4v) is 3.11. The molecule has 3 rings (SSSR count). The average Bonchev–Trinajstić information content (AvgIpc) is 3.30. The third kappa shape index (κ3) is 2.30. The summed E-state index contributed by atoms with van der Waals surface area (Å²) in [6.45, 7) is 1.04. The van der Waals surface area contributed by atoms with Crippen LogP contribution in [0.2, 0.25) is 0 Å². The standard InChI is InChI=1S/C16H19FN2O2/c1-16(12-5-3-2-4-6-12)15(21)19(10-9-17)13(11-7-8-11)14(20)18-16/h2-6,11,13H,7-10H2,1H3,(H,18,20). The van der Waals surface area contributed by atoms with Crippen LogP contribution < -0.4 is 5.32 Å². The molecule has 1 saturated heterocycles. The van der Waals surface area contributed by atoms with Gasteiger partial charge >= 0.3 is 0 Å². The third-order valence-electron chi connectivity index (χ3n) is 4.41. The summed E-state index contributed by atoms with van der Waals surface area (Å²) in [6, 6.07) is 8.62. The number of piperazine rings is 1. The summed E-state index contributed by atoms with van der Waals surface area (Å²) in [4.78, 5) is 26.8. The largest absolute Gasteiger partial charge is 0.336 e. The second-order valence-corrected chi connectivity index (χ2v) is 5.95. The van der Waals surface area contributed by atoms with Gasteiger partial charge in [-0.25, -0.2) is 4.39 Å². The summed E-state index contributed by atoms with van der Waals surface area (Å²) in [5, 5.41) is 2.87. The molecule has 1 aromatic rings. The molecule has 1 N–H and O–H groups in total. The summed E-state index contributed by atoms with van der Waals surface area (Å²) >= 11 is 0. The molecule has 2 unspecified atom stereocenters. The first-order valence-electron chi connectivity index (χ1n) is 7.32. The summed E-state index contributed by atoms with van der Waals surface area (Å²) in [5.74, 6) is -0.208. The molecule has 1 aliphatic carbocycles. The predicted octanol–water partition coefficient (Wildman–Crippen LogP) is 1.61. The molecule has 112 valence electrons. The van der Waals surface area contributed by atoms with E-state index in [9.17, 15) is 14.0 Å². The van der Waals surface area contributed by atoms with Crippen LogP contribution in [0.5, 0.6) is 0 Å². The number of nitrogens with one attached hydrogen (secondary N) is 1. The van der Waals surface area contributed by atoms with E-state index in [0.29, 0.717) is 0 Å². The Labute approximate surface area is 123 Å². The average molecular weight is 290 g/mol. The van der Waals surface area contributed by atoms with Crippen LogP contribution in [-0.4, -0.2) is 36.0 Å². The minimum Gasteiger partial charge on any atom is -0.336 e. The highest BCUT2D eigenvalue weighted by molar-refractivity contribution is 6.00. The van der Waals surface area contributed by atoms with Crippen molar-refractivity contribution in [2.75, 3.05) is 13.2 Å². The summed E-state index contributed by atoms with van der Waals surface area (Å²) in [6.07, 6.45) is 1.85. The number of carbonyl (C=O) groups excluding carboxylic acids is 2. The molecule has 2 atom stereocenters. The number of nitrogens with zero attached hydrogens (tertiary/aromatic N) is 1. The molecule has 0 spiro atoms. The van der Waals surface area contributed by atoms with Gasteiger partial charge in [0.05, 0.1) is 0 Å². The van der Waals surface area contributed by atoms with Gasteiger partial charge in [-0.1, -0.05) is 30.3 Å².